The van der Waals surface area contributed by atoms with Crippen LogP contribution in [-0.4, -0.2) is 40.1 Å². The molecule has 1 aromatic carbocycles. The van der Waals surface area contributed by atoms with Crippen molar-refractivity contribution in [3.8, 4) is 5.75 Å². The first-order chi connectivity index (χ1) is 8.99. The molecule has 1 aromatic rings. The molecule has 0 saturated carbocycles. The van der Waals surface area contributed by atoms with Crippen LogP contribution in [0.5, 0.6) is 5.75 Å². The summed E-state index contributed by atoms with van der Waals surface area (Å²) < 4.78 is 0. The van der Waals surface area contributed by atoms with E-state index in [0.29, 0.717) is 19.4 Å². The zero-order valence-corrected chi connectivity index (χ0v) is 10.9. The lowest BCUT2D eigenvalue weighted by molar-refractivity contribution is -0.143. The average molecular weight is 284 g/mol. The van der Waals surface area contributed by atoms with Crippen molar-refractivity contribution in [3.05, 3.63) is 28.8 Å². The molecule has 1 heterocycles. The SMILES string of the molecule is O=C(O)[C@H]1CCCN(C(=O)c2cc(O)ccc2Cl)C1. The monoisotopic (exact) mass is 283 g/mol. The van der Waals surface area contributed by atoms with Crippen LogP contribution in [-0.2, 0) is 4.79 Å². The van der Waals surface area contributed by atoms with Crippen molar-refractivity contribution < 1.29 is 19.8 Å². The minimum absolute atomic E-state index is 0.0421. The van der Waals surface area contributed by atoms with Gasteiger partial charge in [-0.2, -0.15) is 0 Å². The maximum absolute atomic E-state index is 12.3. The zero-order valence-electron chi connectivity index (χ0n) is 10.2. The van der Waals surface area contributed by atoms with E-state index in [1.165, 1.54) is 23.1 Å². The Morgan fingerprint density at radius 3 is 2.79 bits per heavy atom. The van der Waals surface area contributed by atoms with Crippen molar-refractivity contribution in [2.24, 2.45) is 5.92 Å². The van der Waals surface area contributed by atoms with Gasteiger partial charge in [-0.3, -0.25) is 9.59 Å². The summed E-state index contributed by atoms with van der Waals surface area (Å²) in [5.41, 5.74) is 0.202. The fourth-order valence-corrected chi connectivity index (χ4v) is 2.41. The van der Waals surface area contributed by atoms with Crippen molar-refractivity contribution >= 4 is 23.5 Å². The number of phenolic OH excluding ortho intramolecular Hbond substituents is 1. The number of carbonyl (C=O) groups is 2. The summed E-state index contributed by atoms with van der Waals surface area (Å²) in [6.07, 6.45) is 1.23. The maximum Gasteiger partial charge on any atom is 0.308 e. The zero-order chi connectivity index (χ0) is 14.0. The number of nitrogens with zero attached hydrogens (tertiary/aromatic N) is 1. The fourth-order valence-electron chi connectivity index (χ4n) is 2.21. The van der Waals surface area contributed by atoms with E-state index in [4.69, 9.17) is 16.7 Å². The van der Waals surface area contributed by atoms with Gasteiger partial charge in [0.1, 0.15) is 5.75 Å². The van der Waals surface area contributed by atoms with Crippen LogP contribution in [0.2, 0.25) is 5.02 Å². The second-order valence-corrected chi connectivity index (χ2v) is 5.00. The number of carbonyl (C=O) groups excluding carboxylic acids is 1. The van der Waals surface area contributed by atoms with Crippen LogP contribution in [0.25, 0.3) is 0 Å². The number of carboxylic acids is 1. The van der Waals surface area contributed by atoms with Gasteiger partial charge in [0.05, 0.1) is 16.5 Å². The normalized spacial score (nSPS) is 19.2. The van der Waals surface area contributed by atoms with E-state index >= 15 is 0 Å². The first-order valence-electron chi connectivity index (χ1n) is 5.99. The van der Waals surface area contributed by atoms with Crippen LogP contribution in [0.1, 0.15) is 23.2 Å². The third-order valence-corrected chi connectivity index (χ3v) is 3.57. The molecule has 19 heavy (non-hydrogen) atoms. The number of benzene rings is 1. The van der Waals surface area contributed by atoms with E-state index < -0.39 is 11.9 Å². The van der Waals surface area contributed by atoms with Gasteiger partial charge in [-0.25, -0.2) is 0 Å². The highest BCUT2D eigenvalue weighted by Gasteiger charge is 2.29. The van der Waals surface area contributed by atoms with Crippen molar-refractivity contribution in [1.82, 2.24) is 4.90 Å². The fraction of sp³-hybridized carbons (Fsp3) is 0.385. The summed E-state index contributed by atoms with van der Waals surface area (Å²) in [4.78, 5) is 24.7. The van der Waals surface area contributed by atoms with E-state index in [1.54, 1.807) is 0 Å². The van der Waals surface area contributed by atoms with Crippen LogP contribution >= 0.6 is 11.6 Å². The Bertz CT molecular complexity index is 517. The molecule has 1 amide bonds. The van der Waals surface area contributed by atoms with Crippen LogP contribution in [0.15, 0.2) is 18.2 Å². The van der Waals surface area contributed by atoms with Gasteiger partial charge in [0.25, 0.3) is 5.91 Å². The summed E-state index contributed by atoms with van der Waals surface area (Å²) in [7, 11) is 0. The summed E-state index contributed by atoms with van der Waals surface area (Å²) in [5, 5.41) is 18.7. The Morgan fingerprint density at radius 1 is 1.37 bits per heavy atom. The smallest absolute Gasteiger partial charge is 0.308 e. The third-order valence-electron chi connectivity index (χ3n) is 3.24. The second-order valence-electron chi connectivity index (χ2n) is 4.59. The number of piperidine rings is 1. The molecule has 0 aromatic heterocycles. The van der Waals surface area contributed by atoms with Gasteiger partial charge in [0.15, 0.2) is 0 Å². The Kier molecular flexibility index (Phi) is 3.95. The minimum atomic E-state index is -0.889. The standard InChI is InChI=1S/C13H14ClNO4/c14-11-4-3-9(16)6-10(11)12(17)15-5-1-2-8(7-15)13(18)19/h3-4,6,8,16H,1-2,5,7H2,(H,18,19)/t8-/m0/s1. The molecular weight excluding hydrogens is 270 g/mol. The van der Waals surface area contributed by atoms with Gasteiger partial charge in [-0.15, -0.1) is 0 Å². The van der Waals surface area contributed by atoms with Crippen LogP contribution < -0.4 is 0 Å². The first kappa shape index (κ1) is 13.7. The van der Waals surface area contributed by atoms with Gasteiger partial charge in [-0.1, -0.05) is 11.6 Å². The van der Waals surface area contributed by atoms with Crippen LogP contribution in [0.4, 0.5) is 0 Å². The highest BCUT2D eigenvalue weighted by atomic mass is 35.5. The molecule has 1 fully saturated rings. The van der Waals surface area contributed by atoms with Crippen molar-refractivity contribution in [3.63, 3.8) is 0 Å². The van der Waals surface area contributed by atoms with E-state index in [-0.39, 0.29) is 28.8 Å². The molecule has 0 aliphatic carbocycles. The van der Waals surface area contributed by atoms with Crippen LogP contribution in [0.3, 0.4) is 0 Å². The van der Waals surface area contributed by atoms with Crippen molar-refractivity contribution in [2.75, 3.05) is 13.1 Å². The Hall–Kier alpha value is -1.75. The van der Waals surface area contributed by atoms with E-state index in [9.17, 15) is 14.7 Å². The number of phenols is 1. The molecule has 0 radical (unpaired) electrons. The second kappa shape index (κ2) is 5.48. The van der Waals surface area contributed by atoms with Gasteiger partial charge in [-0.05, 0) is 31.0 Å². The molecular formula is C13H14ClNO4. The number of rotatable bonds is 2. The molecule has 0 bridgehead atoms. The van der Waals surface area contributed by atoms with Gasteiger partial charge >= 0.3 is 5.97 Å². The number of likely N-dealkylation sites (tertiary alicyclic amines) is 1. The average Bonchev–Trinajstić information content (AvgIpc) is 2.41. The highest BCUT2D eigenvalue weighted by Crippen LogP contribution is 2.25. The molecule has 102 valence electrons. The van der Waals surface area contributed by atoms with Gasteiger partial charge < -0.3 is 15.1 Å². The van der Waals surface area contributed by atoms with E-state index in [1.807, 2.05) is 0 Å². The molecule has 1 aliphatic heterocycles. The quantitative estimate of drug-likeness (QED) is 0.870. The third kappa shape index (κ3) is 2.98. The molecule has 5 nitrogen and oxygen atoms in total. The Labute approximate surface area is 115 Å². The molecule has 2 rings (SSSR count). The molecule has 0 unspecified atom stereocenters. The minimum Gasteiger partial charge on any atom is -0.508 e. The van der Waals surface area contributed by atoms with Gasteiger partial charge in [0, 0.05) is 13.1 Å². The highest BCUT2D eigenvalue weighted by molar-refractivity contribution is 6.33. The summed E-state index contributed by atoms with van der Waals surface area (Å²) in [6.45, 7) is 0.689. The summed E-state index contributed by atoms with van der Waals surface area (Å²) in [5.74, 6) is -1.81. The van der Waals surface area contributed by atoms with Gasteiger partial charge in [0.2, 0.25) is 0 Å². The molecule has 6 heteroatoms. The Morgan fingerprint density at radius 2 is 2.11 bits per heavy atom. The summed E-state index contributed by atoms with van der Waals surface area (Å²) in [6, 6.07) is 4.15. The summed E-state index contributed by atoms with van der Waals surface area (Å²) >= 11 is 5.93. The Balaban J connectivity index is 2.19. The predicted molar refractivity (Wildman–Crippen MR) is 69.4 cm³/mol. The molecule has 1 aliphatic rings. The topological polar surface area (TPSA) is 77.8 Å². The maximum atomic E-state index is 12.3. The lowest BCUT2D eigenvalue weighted by atomic mass is 9.97. The first-order valence-corrected chi connectivity index (χ1v) is 6.37. The number of halogens is 1. The van der Waals surface area contributed by atoms with E-state index in [0.717, 1.165) is 0 Å². The number of carboxylic acid groups (broad SMARTS) is 1. The molecule has 1 saturated heterocycles. The number of hydrogen-bond donors (Lipinski definition) is 2. The largest absolute Gasteiger partial charge is 0.508 e. The van der Waals surface area contributed by atoms with E-state index in [2.05, 4.69) is 0 Å². The molecule has 0 spiro atoms. The van der Waals surface area contributed by atoms with Crippen LogP contribution in [0, 0.1) is 5.92 Å². The van der Waals surface area contributed by atoms with Crippen molar-refractivity contribution in [1.29, 1.82) is 0 Å². The number of amides is 1. The lowest BCUT2D eigenvalue weighted by Gasteiger charge is -2.31. The molecule has 2 N–H and O–H groups in total. The van der Waals surface area contributed by atoms with Crippen molar-refractivity contribution in [2.45, 2.75) is 12.8 Å². The number of hydrogen-bond acceptors (Lipinski definition) is 3. The number of aromatic hydroxyl groups is 1. The predicted octanol–water partition coefficient (Wildman–Crippen LogP) is 1.98. The lowest BCUT2D eigenvalue weighted by Crippen LogP contribution is -2.42. The molecule has 1 atom stereocenters. The number of aliphatic carboxylic acids is 1.